The molecule has 4 heteroatoms. The third kappa shape index (κ3) is 3.07. The van der Waals surface area contributed by atoms with Crippen molar-refractivity contribution in [2.75, 3.05) is 7.05 Å². The first kappa shape index (κ1) is 15.1. The number of hydrogen-bond donors (Lipinski definition) is 1. The molecular weight excluding hydrogens is 271 g/mol. The molecule has 1 atom stereocenters. The van der Waals surface area contributed by atoms with E-state index in [-0.39, 0.29) is 17.3 Å². The van der Waals surface area contributed by atoms with E-state index >= 15 is 0 Å². The molecule has 20 heavy (non-hydrogen) atoms. The minimum atomic E-state index is -0.198. The van der Waals surface area contributed by atoms with Crippen LogP contribution in [0.2, 0.25) is 0 Å². The highest BCUT2D eigenvalue weighted by Crippen LogP contribution is 2.31. The van der Waals surface area contributed by atoms with E-state index in [0.29, 0.717) is 0 Å². The molecule has 2 aromatic rings. The second-order valence-corrected chi connectivity index (χ2v) is 6.93. The zero-order valence-corrected chi connectivity index (χ0v) is 13.4. The summed E-state index contributed by atoms with van der Waals surface area (Å²) in [6, 6.07) is 4.92. The maximum absolute atomic E-state index is 13.2. The molecule has 0 fully saturated rings. The summed E-state index contributed by atoms with van der Waals surface area (Å²) in [4.78, 5) is 4.75. The number of rotatable bonds is 3. The van der Waals surface area contributed by atoms with Crippen molar-refractivity contribution < 1.29 is 4.39 Å². The summed E-state index contributed by atoms with van der Waals surface area (Å²) in [6.07, 6.45) is 0. The monoisotopic (exact) mass is 292 g/mol. The van der Waals surface area contributed by atoms with E-state index in [0.717, 1.165) is 21.8 Å². The van der Waals surface area contributed by atoms with Crippen molar-refractivity contribution >= 4 is 11.3 Å². The van der Waals surface area contributed by atoms with Crippen LogP contribution in [0, 0.1) is 12.7 Å². The van der Waals surface area contributed by atoms with Crippen LogP contribution in [0.5, 0.6) is 0 Å². The largest absolute Gasteiger partial charge is 0.307 e. The summed E-state index contributed by atoms with van der Waals surface area (Å²) >= 11 is 1.65. The van der Waals surface area contributed by atoms with Crippen molar-refractivity contribution in [2.24, 2.45) is 0 Å². The Hall–Kier alpha value is -1.26. The maximum Gasteiger partial charge on any atom is 0.123 e. The Bertz CT molecular complexity index is 599. The van der Waals surface area contributed by atoms with Crippen molar-refractivity contribution in [3.63, 3.8) is 0 Å². The highest BCUT2D eigenvalue weighted by Gasteiger charge is 2.22. The van der Waals surface area contributed by atoms with Gasteiger partial charge in [0, 0.05) is 10.8 Å². The third-order valence-corrected chi connectivity index (χ3v) is 4.28. The average Bonchev–Trinajstić information content (AvgIpc) is 2.82. The van der Waals surface area contributed by atoms with Crippen LogP contribution in [0.4, 0.5) is 4.39 Å². The Labute approximate surface area is 124 Å². The van der Waals surface area contributed by atoms with Crippen LogP contribution < -0.4 is 5.32 Å². The van der Waals surface area contributed by atoms with Crippen molar-refractivity contribution in [2.45, 2.75) is 39.2 Å². The van der Waals surface area contributed by atoms with E-state index in [9.17, 15) is 4.39 Å². The number of nitrogens with one attached hydrogen (secondary N) is 1. The standard InChI is InChI=1S/C16H21FN2S/c1-10-8-11(17)6-7-12(10)14(18-5)15-19-13(9-20-15)16(2,3)4/h6-9,14,18H,1-5H3. The molecule has 0 aliphatic heterocycles. The molecule has 2 rings (SSSR count). The molecule has 0 aliphatic rings. The van der Waals surface area contributed by atoms with Crippen LogP contribution in [0.3, 0.4) is 0 Å². The Morgan fingerprint density at radius 1 is 1.30 bits per heavy atom. The van der Waals surface area contributed by atoms with Gasteiger partial charge in [-0.15, -0.1) is 11.3 Å². The zero-order valence-electron chi connectivity index (χ0n) is 12.6. The molecule has 0 spiro atoms. The first-order valence-electron chi connectivity index (χ1n) is 6.72. The highest BCUT2D eigenvalue weighted by molar-refractivity contribution is 7.09. The van der Waals surface area contributed by atoms with Crippen LogP contribution in [0.25, 0.3) is 0 Å². The van der Waals surface area contributed by atoms with E-state index < -0.39 is 0 Å². The third-order valence-electron chi connectivity index (χ3n) is 3.37. The lowest BCUT2D eigenvalue weighted by molar-refractivity contribution is 0.565. The molecule has 1 aromatic heterocycles. The number of aryl methyl sites for hydroxylation is 1. The predicted octanol–water partition coefficient (Wildman–Crippen LogP) is 4.20. The second-order valence-electron chi connectivity index (χ2n) is 6.04. The quantitative estimate of drug-likeness (QED) is 0.917. The van der Waals surface area contributed by atoms with Crippen molar-refractivity contribution in [3.8, 4) is 0 Å². The summed E-state index contributed by atoms with van der Waals surface area (Å²) in [5.74, 6) is -0.198. The Balaban J connectivity index is 2.40. The van der Waals surface area contributed by atoms with E-state index in [1.807, 2.05) is 20.0 Å². The molecule has 1 aromatic carbocycles. The Morgan fingerprint density at radius 2 is 2.00 bits per heavy atom. The molecule has 0 bridgehead atoms. The fraction of sp³-hybridized carbons (Fsp3) is 0.438. The van der Waals surface area contributed by atoms with Gasteiger partial charge in [-0.1, -0.05) is 26.8 Å². The van der Waals surface area contributed by atoms with Gasteiger partial charge in [0.15, 0.2) is 0 Å². The van der Waals surface area contributed by atoms with Gasteiger partial charge >= 0.3 is 0 Å². The molecule has 0 saturated heterocycles. The first-order valence-corrected chi connectivity index (χ1v) is 7.60. The van der Waals surface area contributed by atoms with Gasteiger partial charge in [0.25, 0.3) is 0 Å². The molecule has 1 N–H and O–H groups in total. The topological polar surface area (TPSA) is 24.9 Å². The molecule has 0 amide bonds. The number of hydrogen-bond acceptors (Lipinski definition) is 3. The molecule has 1 heterocycles. The van der Waals surface area contributed by atoms with Crippen molar-refractivity contribution in [3.05, 3.63) is 51.2 Å². The van der Waals surface area contributed by atoms with Crippen LogP contribution in [0.1, 0.15) is 48.6 Å². The van der Waals surface area contributed by atoms with Crippen LogP contribution in [-0.2, 0) is 5.41 Å². The van der Waals surface area contributed by atoms with Gasteiger partial charge in [-0.25, -0.2) is 9.37 Å². The average molecular weight is 292 g/mol. The summed E-state index contributed by atoms with van der Waals surface area (Å²) in [6.45, 7) is 8.40. The molecule has 108 valence electrons. The van der Waals surface area contributed by atoms with E-state index in [2.05, 4.69) is 31.5 Å². The minimum absolute atomic E-state index is 0.0108. The number of halogens is 1. The van der Waals surface area contributed by atoms with E-state index in [1.54, 1.807) is 17.4 Å². The summed E-state index contributed by atoms with van der Waals surface area (Å²) in [5, 5.41) is 6.42. The van der Waals surface area contributed by atoms with Crippen LogP contribution in [0.15, 0.2) is 23.6 Å². The lowest BCUT2D eigenvalue weighted by atomic mass is 9.93. The lowest BCUT2D eigenvalue weighted by Crippen LogP contribution is -2.19. The van der Waals surface area contributed by atoms with E-state index in [4.69, 9.17) is 4.98 Å². The van der Waals surface area contributed by atoms with Gasteiger partial charge in [-0.2, -0.15) is 0 Å². The van der Waals surface area contributed by atoms with Gasteiger partial charge in [-0.05, 0) is 37.2 Å². The SMILES string of the molecule is CNC(c1nc(C(C)(C)C)cs1)c1ccc(F)cc1C. The maximum atomic E-state index is 13.2. The molecular formula is C16H21FN2S. The number of aromatic nitrogens is 1. The molecule has 0 saturated carbocycles. The van der Waals surface area contributed by atoms with Gasteiger partial charge < -0.3 is 5.32 Å². The second kappa shape index (κ2) is 5.62. The summed E-state index contributed by atoms with van der Waals surface area (Å²) in [7, 11) is 1.91. The normalized spacial score (nSPS) is 13.5. The Morgan fingerprint density at radius 3 is 2.50 bits per heavy atom. The summed E-state index contributed by atoms with van der Waals surface area (Å²) < 4.78 is 13.2. The van der Waals surface area contributed by atoms with Crippen LogP contribution >= 0.6 is 11.3 Å². The van der Waals surface area contributed by atoms with Crippen molar-refractivity contribution in [1.82, 2.24) is 10.3 Å². The minimum Gasteiger partial charge on any atom is -0.307 e. The highest BCUT2D eigenvalue weighted by atomic mass is 32.1. The van der Waals surface area contributed by atoms with Crippen LogP contribution in [-0.4, -0.2) is 12.0 Å². The van der Waals surface area contributed by atoms with Gasteiger partial charge in [0.05, 0.1) is 11.7 Å². The smallest absolute Gasteiger partial charge is 0.123 e. The number of benzene rings is 1. The first-order chi connectivity index (χ1) is 9.32. The molecule has 0 radical (unpaired) electrons. The summed E-state index contributed by atoms with van der Waals surface area (Å²) in [5.41, 5.74) is 3.16. The molecule has 0 aliphatic carbocycles. The molecule has 1 unspecified atom stereocenters. The number of thiazole rings is 1. The zero-order chi connectivity index (χ0) is 14.9. The Kier molecular flexibility index (Phi) is 4.25. The van der Waals surface area contributed by atoms with Gasteiger partial charge in [0.1, 0.15) is 10.8 Å². The van der Waals surface area contributed by atoms with Gasteiger partial charge in [-0.3, -0.25) is 0 Å². The predicted molar refractivity (Wildman–Crippen MR) is 82.9 cm³/mol. The fourth-order valence-corrected chi connectivity index (χ4v) is 3.31. The van der Waals surface area contributed by atoms with Gasteiger partial charge in [0.2, 0.25) is 0 Å². The fourth-order valence-electron chi connectivity index (χ4n) is 2.14. The lowest BCUT2D eigenvalue weighted by Gasteiger charge is -2.18. The van der Waals surface area contributed by atoms with E-state index in [1.165, 1.54) is 6.07 Å². The number of nitrogens with zero attached hydrogens (tertiary/aromatic N) is 1. The molecule has 2 nitrogen and oxygen atoms in total. The van der Waals surface area contributed by atoms with Crippen molar-refractivity contribution in [1.29, 1.82) is 0 Å².